The number of rotatable bonds is 6. The second-order valence-electron chi connectivity index (χ2n) is 8.42. The molecular formula is C23H26BrN3O6S. The summed E-state index contributed by atoms with van der Waals surface area (Å²) in [4.78, 5) is 41.7. The van der Waals surface area contributed by atoms with E-state index in [-0.39, 0.29) is 12.5 Å². The summed E-state index contributed by atoms with van der Waals surface area (Å²) >= 11 is 4.53. The molecule has 3 amide bonds. The topological polar surface area (TPSA) is 119 Å². The lowest BCUT2D eigenvalue weighted by atomic mass is 9.97. The lowest BCUT2D eigenvalue weighted by Gasteiger charge is -2.21. The normalized spacial score (nSPS) is 21.1. The maximum Gasteiger partial charge on any atom is 0.413 e. The molecule has 1 aromatic carbocycles. The molecular weight excluding hydrogens is 526 g/mol. The fraction of sp³-hybridized carbons (Fsp3) is 0.435. The van der Waals surface area contributed by atoms with E-state index < -0.39 is 36.7 Å². The zero-order valence-corrected chi connectivity index (χ0v) is 21.0. The molecule has 0 saturated carbocycles. The van der Waals surface area contributed by atoms with Gasteiger partial charge in [0.2, 0.25) is 5.91 Å². The van der Waals surface area contributed by atoms with Gasteiger partial charge in [-0.3, -0.25) is 9.59 Å². The number of carbonyl (C=O) groups excluding carboxylic acids is 3. The molecule has 34 heavy (non-hydrogen) atoms. The number of halogens is 1. The predicted molar refractivity (Wildman–Crippen MR) is 130 cm³/mol. The molecule has 2 aliphatic heterocycles. The number of aliphatic hydroxyl groups excluding tert-OH is 2. The van der Waals surface area contributed by atoms with Gasteiger partial charge in [-0.2, -0.15) is 0 Å². The molecule has 1 aromatic heterocycles. The van der Waals surface area contributed by atoms with Crippen LogP contribution in [0.5, 0.6) is 5.06 Å². The van der Waals surface area contributed by atoms with Gasteiger partial charge in [-0.1, -0.05) is 11.3 Å². The number of nitrogens with one attached hydrogen (secondary N) is 1. The van der Waals surface area contributed by atoms with Crippen LogP contribution in [0.2, 0.25) is 0 Å². The van der Waals surface area contributed by atoms with Gasteiger partial charge in [0.1, 0.15) is 0 Å². The zero-order valence-electron chi connectivity index (χ0n) is 18.6. The molecule has 9 nitrogen and oxygen atoms in total. The Kier molecular flexibility index (Phi) is 7.56. The Labute approximate surface area is 209 Å². The Bertz CT molecular complexity index is 1090. The average Bonchev–Trinajstić information content (AvgIpc) is 3.54. The maximum atomic E-state index is 13.2. The van der Waals surface area contributed by atoms with Crippen LogP contribution in [-0.4, -0.2) is 71.4 Å². The SMILES string of the molecule is Cc1cc(N2CC(NC(=O)Oc3ccc(Br)s3)C(C(O)CO)C2=O)ccc1C(=O)N1CCCC1. The number of aryl methyl sites for hydroxylation is 1. The van der Waals surface area contributed by atoms with Crippen molar-refractivity contribution in [2.75, 3.05) is 31.1 Å². The van der Waals surface area contributed by atoms with E-state index in [1.807, 2.05) is 11.8 Å². The molecule has 0 bridgehead atoms. The average molecular weight is 552 g/mol. The Morgan fingerprint density at radius 1 is 1.26 bits per heavy atom. The predicted octanol–water partition coefficient (Wildman–Crippen LogP) is 2.53. The number of nitrogens with zero attached hydrogens (tertiary/aromatic N) is 2. The Morgan fingerprint density at radius 3 is 2.62 bits per heavy atom. The van der Waals surface area contributed by atoms with Crippen molar-refractivity contribution < 1.29 is 29.3 Å². The van der Waals surface area contributed by atoms with E-state index >= 15 is 0 Å². The second-order valence-corrected chi connectivity index (χ2v) is 10.8. The van der Waals surface area contributed by atoms with Gasteiger partial charge in [0.25, 0.3) is 5.91 Å². The van der Waals surface area contributed by atoms with Crippen molar-refractivity contribution >= 4 is 50.9 Å². The van der Waals surface area contributed by atoms with E-state index in [9.17, 15) is 24.6 Å². The van der Waals surface area contributed by atoms with Crippen LogP contribution < -0.4 is 15.0 Å². The van der Waals surface area contributed by atoms with Gasteiger partial charge in [0, 0.05) is 30.9 Å². The van der Waals surface area contributed by atoms with Crippen LogP contribution in [0.25, 0.3) is 0 Å². The maximum absolute atomic E-state index is 13.2. The van der Waals surface area contributed by atoms with E-state index in [4.69, 9.17) is 4.74 Å². The number of carbonyl (C=O) groups is 3. The first kappa shape index (κ1) is 24.6. The van der Waals surface area contributed by atoms with Gasteiger partial charge >= 0.3 is 6.09 Å². The molecule has 0 spiro atoms. The summed E-state index contributed by atoms with van der Waals surface area (Å²) in [7, 11) is 0. The minimum Gasteiger partial charge on any atom is -0.399 e. The first-order valence-corrected chi connectivity index (χ1v) is 12.6. The highest BCUT2D eigenvalue weighted by atomic mass is 79.9. The molecule has 0 aliphatic carbocycles. The van der Waals surface area contributed by atoms with E-state index in [1.54, 1.807) is 30.3 Å². The summed E-state index contributed by atoms with van der Waals surface area (Å²) in [6.07, 6.45) is -0.108. The Balaban J connectivity index is 1.51. The number of likely N-dealkylation sites (tertiary alicyclic amines) is 1. The molecule has 2 fully saturated rings. The van der Waals surface area contributed by atoms with Crippen molar-refractivity contribution in [3.05, 3.63) is 45.2 Å². The van der Waals surface area contributed by atoms with Crippen molar-refractivity contribution in [1.29, 1.82) is 0 Å². The third kappa shape index (κ3) is 5.12. The van der Waals surface area contributed by atoms with Gasteiger partial charge < -0.3 is 30.1 Å². The monoisotopic (exact) mass is 551 g/mol. The minimum atomic E-state index is -1.35. The molecule has 11 heteroatoms. The van der Waals surface area contributed by atoms with Crippen molar-refractivity contribution in [2.24, 2.45) is 5.92 Å². The van der Waals surface area contributed by atoms with Crippen molar-refractivity contribution in [3.63, 3.8) is 0 Å². The fourth-order valence-corrected chi connectivity index (χ4v) is 5.63. The molecule has 2 saturated heterocycles. The summed E-state index contributed by atoms with van der Waals surface area (Å²) in [6, 6.07) is 7.76. The van der Waals surface area contributed by atoms with Gasteiger partial charge in [-0.25, -0.2) is 4.79 Å². The van der Waals surface area contributed by atoms with Gasteiger partial charge in [0.05, 0.1) is 28.5 Å². The van der Waals surface area contributed by atoms with Gasteiger partial charge in [-0.05, 0) is 71.6 Å². The number of ether oxygens (including phenoxy) is 1. The first-order valence-electron chi connectivity index (χ1n) is 11.0. The first-order chi connectivity index (χ1) is 16.3. The third-order valence-corrected chi connectivity index (χ3v) is 7.66. The van der Waals surface area contributed by atoms with Crippen LogP contribution in [0.15, 0.2) is 34.1 Å². The summed E-state index contributed by atoms with van der Waals surface area (Å²) in [6.45, 7) is 2.77. The van der Waals surface area contributed by atoms with Crippen molar-refractivity contribution in [1.82, 2.24) is 10.2 Å². The molecule has 0 radical (unpaired) electrons. The highest BCUT2D eigenvalue weighted by Crippen LogP contribution is 2.31. The van der Waals surface area contributed by atoms with Crippen LogP contribution in [0.1, 0.15) is 28.8 Å². The summed E-state index contributed by atoms with van der Waals surface area (Å²) in [5.41, 5.74) is 1.88. The quantitative estimate of drug-likeness (QED) is 0.507. The van der Waals surface area contributed by atoms with E-state index in [2.05, 4.69) is 21.2 Å². The molecule has 2 aliphatic rings. The summed E-state index contributed by atoms with van der Waals surface area (Å²) in [5, 5.41) is 22.8. The van der Waals surface area contributed by atoms with Crippen LogP contribution in [0.3, 0.4) is 0 Å². The van der Waals surface area contributed by atoms with Crippen LogP contribution in [0, 0.1) is 12.8 Å². The number of benzene rings is 1. The molecule has 3 heterocycles. The molecule has 3 atom stereocenters. The number of anilines is 1. The number of thiophene rings is 1. The Hall–Kier alpha value is -2.47. The summed E-state index contributed by atoms with van der Waals surface area (Å²) < 4.78 is 6.07. The van der Waals surface area contributed by atoms with E-state index in [0.717, 1.165) is 35.3 Å². The second kappa shape index (κ2) is 10.4. The fourth-order valence-electron chi connectivity index (χ4n) is 4.44. The Morgan fingerprint density at radius 2 is 2.00 bits per heavy atom. The molecule has 3 N–H and O–H groups in total. The number of hydrogen-bond acceptors (Lipinski definition) is 7. The van der Waals surface area contributed by atoms with Crippen LogP contribution >= 0.6 is 27.3 Å². The molecule has 182 valence electrons. The zero-order chi connectivity index (χ0) is 24.4. The molecule has 3 unspecified atom stereocenters. The lowest BCUT2D eigenvalue weighted by molar-refractivity contribution is -0.124. The third-order valence-electron chi connectivity index (χ3n) is 6.16. The van der Waals surface area contributed by atoms with E-state index in [1.165, 1.54) is 16.2 Å². The van der Waals surface area contributed by atoms with Gasteiger partial charge in [-0.15, -0.1) is 0 Å². The largest absolute Gasteiger partial charge is 0.413 e. The standard InChI is InChI=1S/C23H26BrN3O6S/c1-13-10-14(4-5-15(13)21(30)26-8-2-3-9-26)27-11-16(20(22(27)31)17(29)12-28)25-23(32)33-19-7-6-18(24)34-19/h4-7,10,16-17,20,28-29H,2-3,8-9,11-12H2,1H3,(H,25,32). The molecule has 4 rings (SSSR count). The van der Waals surface area contributed by atoms with E-state index in [0.29, 0.717) is 16.3 Å². The number of amides is 3. The number of hydrogen-bond donors (Lipinski definition) is 3. The van der Waals surface area contributed by atoms with Crippen LogP contribution in [-0.2, 0) is 4.79 Å². The summed E-state index contributed by atoms with van der Waals surface area (Å²) in [5.74, 6) is -1.49. The minimum absolute atomic E-state index is 0.0228. The van der Waals surface area contributed by atoms with Crippen molar-refractivity contribution in [3.8, 4) is 5.06 Å². The van der Waals surface area contributed by atoms with Crippen molar-refractivity contribution in [2.45, 2.75) is 31.9 Å². The lowest BCUT2D eigenvalue weighted by Crippen LogP contribution is -2.46. The number of aliphatic hydroxyl groups is 2. The smallest absolute Gasteiger partial charge is 0.399 e. The van der Waals surface area contributed by atoms with Crippen LogP contribution in [0.4, 0.5) is 10.5 Å². The van der Waals surface area contributed by atoms with Gasteiger partial charge in [0.15, 0.2) is 5.06 Å². The molecule has 2 aromatic rings. The highest BCUT2D eigenvalue weighted by Gasteiger charge is 2.46. The highest BCUT2D eigenvalue weighted by molar-refractivity contribution is 9.11.